The summed E-state index contributed by atoms with van der Waals surface area (Å²) in [4.78, 5) is 13.5. The first-order valence-electron chi connectivity index (χ1n) is 4.78. The van der Waals surface area contributed by atoms with Gasteiger partial charge in [0.25, 0.3) is 0 Å². The molecule has 1 spiro atoms. The van der Waals surface area contributed by atoms with Crippen molar-refractivity contribution >= 4 is 6.03 Å². The van der Waals surface area contributed by atoms with E-state index in [1.165, 1.54) is 32.1 Å². The van der Waals surface area contributed by atoms with Gasteiger partial charge in [0.05, 0.1) is 0 Å². The maximum absolute atomic E-state index is 11.4. The van der Waals surface area contributed by atoms with Crippen LogP contribution in [0.1, 0.15) is 32.1 Å². The lowest BCUT2D eigenvalue weighted by molar-refractivity contribution is 0.0822. The zero-order chi connectivity index (χ0) is 8.60. The molecule has 2 amide bonds. The molecule has 0 radical (unpaired) electrons. The molecule has 2 aliphatic rings. The van der Waals surface area contributed by atoms with Gasteiger partial charge in [0.15, 0.2) is 0 Å². The summed E-state index contributed by atoms with van der Waals surface area (Å²) in [5, 5.41) is 2.72. The van der Waals surface area contributed by atoms with E-state index in [2.05, 4.69) is 5.32 Å². The Morgan fingerprint density at radius 2 is 2.00 bits per heavy atom. The van der Waals surface area contributed by atoms with Gasteiger partial charge in [-0.3, -0.25) is 0 Å². The van der Waals surface area contributed by atoms with Crippen LogP contribution >= 0.6 is 0 Å². The third kappa shape index (κ3) is 0.919. The second-order valence-corrected chi connectivity index (χ2v) is 3.89. The molecule has 68 valence electrons. The van der Waals surface area contributed by atoms with Gasteiger partial charge in [0, 0.05) is 19.1 Å². The molecule has 2 rings (SSSR count). The van der Waals surface area contributed by atoms with E-state index in [4.69, 9.17) is 0 Å². The Morgan fingerprint density at radius 1 is 1.33 bits per heavy atom. The monoisotopic (exact) mass is 168 g/mol. The van der Waals surface area contributed by atoms with Gasteiger partial charge in [-0.05, 0) is 32.1 Å². The van der Waals surface area contributed by atoms with Crippen molar-refractivity contribution in [3.63, 3.8) is 0 Å². The van der Waals surface area contributed by atoms with Gasteiger partial charge in [-0.15, -0.1) is 0 Å². The van der Waals surface area contributed by atoms with Crippen LogP contribution < -0.4 is 5.32 Å². The van der Waals surface area contributed by atoms with Crippen LogP contribution in [0.2, 0.25) is 0 Å². The van der Waals surface area contributed by atoms with Crippen molar-refractivity contribution in [1.82, 2.24) is 10.2 Å². The van der Waals surface area contributed by atoms with Crippen molar-refractivity contribution in [2.24, 2.45) is 0 Å². The van der Waals surface area contributed by atoms with Gasteiger partial charge in [0.1, 0.15) is 0 Å². The van der Waals surface area contributed by atoms with E-state index in [0.717, 1.165) is 6.54 Å². The van der Waals surface area contributed by atoms with Crippen LogP contribution in [0.15, 0.2) is 0 Å². The molecular formula is C9H16N2O. The summed E-state index contributed by atoms with van der Waals surface area (Å²) in [5.41, 5.74) is 0.278. The minimum absolute atomic E-state index is 0.118. The summed E-state index contributed by atoms with van der Waals surface area (Å²) in [6, 6.07) is 0.118. The lowest BCUT2D eigenvalue weighted by Gasteiger charge is -2.45. The molecule has 1 N–H and O–H groups in total. The third-order valence-electron chi connectivity index (χ3n) is 3.34. The highest BCUT2D eigenvalue weighted by atomic mass is 16.2. The van der Waals surface area contributed by atoms with Gasteiger partial charge in [0.2, 0.25) is 0 Å². The van der Waals surface area contributed by atoms with Crippen LogP contribution in [0.5, 0.6) is 0 Å². The number of rotatable bonds is 0. The number of nitrogens with zero attached hydrogens (tertiary/aromatic N) is 1. The molecule has 0 aromatic rings. The molecule has 3 heteroatoms. The number of carbonyl (C=O) groups excluding carboxylic acids is 1. The van der Waals surface area contributed by atoms with Gasteiger partial charge < -0.3 is 10.2 Å². The van der Waals surface area contributed by atoms with E-state index in [-0.39, 0.29) is 11.6 Å². The van der Waals surface area contributed by atoms with Crippen LogP contribution in [0.25, 0.3) is 0 Å². The highest BCUT2D eigenvalue weighted by molar-refractivity contribution is 5.75. The Labute approximate surface area is 73.1 Å². The van der Waals surface area contributed by atoms with E-state index in [1.807, 2.05) is 4.90 Å². The number of likely N-dealkylation sites (tertiary alicyclic amines) is 1. The van der Waals surface area contributed by atoms with Crippen LogP contribution in [0, 0.1) is 0 Å². The zero-order valence-electron chi connectivity index (χ0n) is 7.60. The maximum Gasteiger partial charge on any atom is 0.317 e. The fourth-order valence-electron chi connectivity index (χ4n) is 2.50. The molecule has 0 atom stereocenters. The fourth-order valence-corrected chi connectivity index (χ4v) is 2.50. The summed E-state index contributed by atoms with van der Waals surface area (Å²) in [7, 11) is 1.72. The van der Waals surface area contributed by atoms with Crippen molar-refractivity contribution in [1.29, 1.82) is 0 Å². The summed E-state index contributed by atoms with van der Waals surface area (Å²) >= 11 is 0. The molecule has 0 unspecified atom stereocenters. The molecule has 3 nitrogen and oxygen atoms in total. The normalized spacial score (nSPS) is 25.6. The van der Waals surface area contributed by atoms with Gasteiger partial charge >= 0.3 is 6.03 Å². The second kappa shape index (κ2) is 2.64. The van der Waals surface area contributed by atoms with Crippen LogP contribution in [0.4, 0.5) is 4.79 Å². The predicted molar refractivity (Wildman–Crippen MR) is 47.0 cm³/mol. The first-order chi connectivity index (χ1) is 5.78. The second-order valence-electron chi connectivity index (χ2n) is 3.89. The minimum atomic E-state index is 0.118. The number of hydrogen-bond donors (Lipinski definition) is 1. The van der Waals surface area contributed by atoms with Crippen molar-refractivity contribution in [3.05, 3.63) is 0 Å². The standard InChI is InChI=1S/C9H16N2O/c1-10-8(12)11-7-3-6-9(11)4-2-5-9/h2-7H2,1H3,(H,10,12). The molecule has 0 aromatic carbocycles. The molecule has 0 aromatic heterocycles. The van der Waals surface area contributed by atoms with Crippen LogP contribution in [-0.4, -0.2) is 30.1 Å². The smallest absolute Gasteiger partial charge is 0.317 e. The van der Waals surface area contributed by atoms with E-state index in [1.54, 1.807) is 7.05 Å². The molecule has 1 saturated carbocycles. The molecule has 12 heavy (non-hydrogen) atoms. The van der Waals surface area contributed by atoms with E-state index in [0.29, 0.717) is 0 Å². The lowest BCUT2D eigenvalue weighted by atomic mass is 9.75. The van der Waals surface area contributed by atoms with Crippen molar-refractivity contribution < 1.29 is 4.79 Å². The van der Waals surface area contributed by atoms with Gasteiger partial charge in [-0.1, -0.05) is 0 Å². The molecule has 2 fully saturated rings. The van der Waals surface area contributed by atoms with Crippen molar-refractivity contribution in [2.75, 3.05) is 13.6 Å². The average molecular weight is 168 g/mol. The largest absolute Gasteiger partial charge is 0.341 e. The molecule has 1 aliphatic heterocycles. The topological polar surface area (TPSA) is 32.3 Å². The molecular weight excluding hydrogens is 152 g/mol. The quantitative estimate of drug-likeness (QED) is 0.581. The first-order valence-corrected chi connectivity index (χ1v) is 4.78. The Kier molecular flexibility index (Phi) is 1.74. The van der Waals surface area contributed by atoms with Crippen LogP contribution in [0.3, 0.4) is 0 Å². The summed E-state index contributed by atoms with van der Waals surface area (Å²) < 4.78 is 0. The number of nitrogens with one attached hydrogen (secondary N) is 1. The van der Waals surface area contributed by atoms with E-state index < -0.39 is 0 Å². The minimum Gasteiger partial charge on any atom is -0.341 e. The summed E-state index contributed by atoms with van der Waals surface area (Å²) in [6.45, 7) is 0.958. The molecule has 0 bridgehead atoms. The Bertz CT molecular complexity index is 199. The SMILES string of the molecule is CNC(=O)N1CCCC12CCC2. The van der Waals surface area contributed by atoms with E-state index in [9.17, 15) is 4.79 Å². The number of urea groups is 1. The molecule has 1 heterocycles. The Hall–Kier alpha value is -0.730. The Morgan fingerprint density at radius 3 is 2.50 bits per heavy atom. The number of carbonyl (C=O) groups is 1. The lowest BCUT2D eigenvalue weighted by Crippen LogP contribution is -2.54. The highest BCUT2D eigenvalue weighted by Crippen LogP contribution is 2.45. The summed E-state index contributed by atoms with van der Waals surface area (Å²) in [5.74, 6) is 0. The predicted octanol–water partition coefficient (Wildman–Crippen LogP) is 1.34. The van der Waals surface area contributed by atoms with Crippen molar-refractivity contribution in [3.8, 4) is 0 Å². The number of hydrogen-bond acceptors (Lipinski definition) is 1. The van der Waals surface area contributed by atoms with Gasteiger partial charge in [-0.25, -0.2) is 4.79 Å². The zero-order valence-corrected chi connectivity index (χ0v) is 7.60. The summed E-state index contributed by atoms with van der Waals surface area (Å²) in [6.07, 6.45) is 6.15. The third-order valence-corrected chi connectivity index (χ3v) is 3.34. The molecule has 1 saturated heterocycles. The van der Waals surface area contributed by atoms with Crippen LogP contribution in [-0.2, 0) is 0 Å². The highest BCUT2D eigenvalue weighted by Gasteiger charge is 2.47. The van der Waals surface area contributed by atoms with E-state index >= 15 is 0 Å². The molecule has 1 aliphatic carbocycles. The van der Waals surface area contributed by atoms with Gasteiger partial charge in [-0.2, -0.15) is 0 Å². The fraction of sp³-hybridized carbons (Fsp3) is 0.889. The average Bonchev–Trinajstić information content (AvgIpc) is 2.45. The van der Waals surface area contributed by atoms with Crippen molar-refractivity contribution in [2.45, 2.75) is 37.6 Å². The maximum atomic E-state index is 11.4. The first kappa shape index (κ1) is 7.90. The number of amides is 2. The Balaban J connectivity index is 2.09.